The molecule has 0 aromatic rings. The second-order valence-electron chi connectivity index (χ2n) is 6.72. The molecule has 3 unspecified atom stereocenters. The van der Waals surface area contributed by atoms with E-state index in [1.165, 1.54) is 4.90 Å². The Balaban J connectivity index is 2.83. The topological polar surface area (TPSA) is 142 Å². The largest absolute Gasteiger partial charge is 0.480 e. The van der Waals surface area contributed by atoms with E-state index in [1.807, 2.05) is 13.8 Å². The number of likely N-dealkylation sites (tertiary alicyclic amines) is 1. The van der Waals surface area contributed by atoms with Crippen molar-refractivity contribution in [2.24, 2.45) is 11.7 Å². The molecule has 0 aromatic heterocycles. The molecule has 10 heteroatoms. The number of amides is 3. The fourth-order valence-electron chi connectivity index (χ4n) is 2.88. The van der Waals surface area contributed by atoms with Crippen LogP contribution in [0.3, 0.4) is 0 Å². The quantitative estimate of drug-likeness (QED) is 0.320. The van der Waals surface area contributed by atoms with Crippen LogP contribution in [0.15, 0.2) is 0 Å². The molecule has 5 N–H and O–H groups in total. The lowest BCUT2D eigenvalue weighted by atomic mass is 10.0. The van der Waals surface area contributed by atoms with Crippen molar-refractivity contribution in [3.05, 3.63) is 0 Å². The van der Waals surface area contributed by atoms with Crippen molar-refractivity contribution in [3.63, 3.8) is 0 Å². The van der Waals surface area contributed by atoms with E-state index in [2.05, 4.69) is 23.3 Å². The van der Waals surface area contributed by atoms with Crippen LogP contribution in [0.4, 0.5) is 0 Å². The van der Waals surface area contributed by atoms with E-state index in [1.54, 1.807) is 0 Å². The first-order valence-corrected chi connectivity index (χ1v) is 9.28. The summed E-state index contributed by atoms with van der Waals surface area (Å²) in [4.78, 5) is 49.4. The minimum atomic E-state index is -1.20. The third-order valence-electron chi connectivity index (χ3n) is 4.19. The molecule has 1 heterocycles. The molecule has 9 nitrogen and oxygen atoms in total. The summed E-state index contributed by atoms with van der Waals surface area (Å²) in [7, 11) is 0. The highest BCUT2D eigenvalue weighted by Gasteiger charge is 2.35. The molecule has 3 amide bonds. The average molecular weight is 388 g/mol. The number of hydrogen-bond donors (Lipinski definition) is 5. The number of rotatable bonds is 9. The molecular formula is C16H28N4O5S. The molecular weight excluding hydrogens is 360 g/mol. The van der Waals surface area contributed by atoms with Crippen molar-refractivity contribution in [1.29, 1.82) is 0 Å². The fourth-order valence-corrected chi connectivity index (χ4v) is 3.13. The van der Waals surface area contributed by atoms with Crippen molar-refractivity contribution >= 4 is 36.3 Å². The SMILES string of the molecule is CC(C)CC(NC(=O)C1CCCN1C(=O)CN)C(=O)NC(CS)C(=O)O. The van der Waals surface area contributed by atoms with E-state index in [0.717, 1.165) is 0 Å². The summed E-state index contributed by atoms with van der Waals surface area (Å²) in [6.45, 7) is 4.05. The van der Waals surface area contributed by atoms with Crippen LogP contribution >= 0.6 is 12.6 Å². The molecule has 1 aliphatic rings. The molecule has 0 aliphatic carbocycles. The number of carbonyl (C=O) groups excluding carboxylic acids is 3. The molecule has 0 spiro atoms. The monoisotopic (exact) mass is 388 g/mol. The minimum Gasteiger partial charge on any atom is -0.480 e. The zero-order valence-electron chi connectivity index (χ0n) is 15.1. The van der Waals surface area contributed by atoms with Crippen LogP contribution in [0.1, 0.15) is 33.1 Å². The predicted molar refractivity (Wildman–Crippen MR) is 98.6 cm³/mol. The van der Waals surface area contributed by atoms with Crippen LogP contribution in [0.2, 0.25) is 0 Å². The molecule has 1 rings (SSSR count). The Kier molecular flexibility index (Phi) is 8.86. The summed E-state index contributed by atoms with van der Waals surface area (Å²) in [6, 6.07) is -2.69. The number of carboxylic acid groups (broad SMARTS) is 1. The van der Waals surface area contributed by atoms with Gasteiger partial charge >= 0.3 is 5.97 Å². The number of nitrogens with one attached hydrogen (secondary N) is 2. The molecule has 148 valence electrons. The van der Waals surface area contributed by atoms with Crippen molar-refractivity contribution in [3.8, 4) is 0 Å². The molecule has 1 aliphatic heterocycles. The van der Waals surface area contributed by atoms with E-state index < -0.39 is 35.9 Å². The van der Waals surface area contributed by atoms with Gasteiger partial charge in [-0.25, -0.2) is 4.79 Å². The highest BCUT2D eigenvalue weighted by atomic mass is 32.1. The van der Waals surface area contributed by atoms with Crippen molar-refractivity contribution in [1.82, 2.24) is 15.5 Å². The van der Waals surface area contributed by atoms with Gasteiger partial charge in [0, 0.05) is 12.3 Å². The average Bonchev–Trinajstić information content (AvgIpc) is 3.07. The summed E-state index contributed by atoms with van der Waals surface area (Å²) >= 11 is 3.92. The molecule has 0 bridgehead atoms. The Morgan fingerprint density at radius 3 is 2.38 bits per heavy atom. The molecule has 3 atom stereocenters. The molecule has 1 saturated heterocycles. The zero-order chi connectivity index (χ0) is 19.9. The number of aliphatic carboxylic acids is 1. The van der Waals surface area contributed by atoms with Crippen molar-refractivity contribution < 1.29 is 24.3 Å². The second kappa shape index (κ2) is 10.4. The van der Waals surface area contributed by atoms with Gasteiger partial charge in [-0.05, 0) is 25.2 Å². The lowest BCUT2D eigenvalue weighted by Crippen LogP contribution is -2.56. The van der Waals surface area contributed by atoms with Gasteiger partial charge in [-0.15, -0.1) is 0 Å². The third kappa shape index (κ3) is 6.17. The highest BCUT2D eigenvalue weighted by molar-refractivity contribution is 7.80. The maximum atomic E-state index is 12.6. The summed E-state index contributed by atoms with van der Waals surface area (Å²) < 4.78 is 0. The number of nitrogens with zero attached hydrogens (tertiary/aromatic N) is 1. The lowest BCUT2D eigenvalue weighted by Gasteiger charge is -2.27. The van der Waals surface area contributed by atoms with Gasteiger partial charge < -0.3 is 26.4 Å². The maximum Gasteiger partial charge on any atom is 0.327 e. The van der Waals surface area contributed by atoms with Crippen LogP contribution in [-0.4, -0.2) is 70.7 Å². The first-order chi connectivity index (χ1) is 12.2. The third-order valence-corrected chi connectivity index (χ3v) is 4.55. The first-order valence-electron chi connectivity index (χ1n) is 8.65. The first kappa shape index (κ1) is 22.2. The summed E-state index contributed by atoms with van der Waals surface area (Å²) in [5.41, 5.74) is 5.38. The number of nitrogens with two attached hydrogens (primary N) is 1. The smallest absolute Gasteiger partial charge is 0.327 e. The second-order valence-corrected chi connectivity index (χ2v) is 7.09. The Morgan fingerprint density at radius 2 is 1.88 bits per heavy atom. The van der Waals surface area contributed by atoms with Crippen molar-refractivity contribution in [2.75, 3.05) is 18.8 Å². The van der Waals surface area contributed by atoms with E-state index >= 15 is 0 Å². The van der Waals surface area contributed by atoms with E-state index in [-0.39, 0.29) is 24.1 Å². The van der Waals surface area contributed by atoms with Crippen LogP contribution in [0.5, 0.6) is 0 Å². The standard InChI is InChI=1S/C16H28N4O5S/c1-9(2)6-10(14(22)19-11(8-26)16(24)25)18-15(23)12-4-3-5-20(12)13(21)7-17/h9-12,26H,3-8,17H2,1-2H3,(H,18,23)(H,19,22)(H,24,25). The van der Waals surface area contributed by atoms with Gasteiger partial charge in [-0.1, -0.05) is 13.8 Å². The number of hydrogen-bond acceptors (Lipinski definition) is 6. The Morgan fingerprint density at radius 1 is 1.23 bits per heavy atom. The van der Waals surface area contributed by atoms with Crippen LogP contribution in [0, 0.1) is 5.92 Å². The van der Waals surface area contributed by atoms with Crippen molar-refractivity contribution in [2.45, 2.75) is 51.2 Å². The van der Waals surface area contributed by atoms with Gasteiger partial charge in [0.1, 0.15) is 18.1 Å². The lowest BCUT2D eigenvalue weighted by molar-refractivity contribution is -0.142. The molecule has 1 fully saturated rings. The van der Waals surface area contributed by atoms with Crippen LogP contribution < -0.4 is 16.4 Å². The van der Waals surface area contributed by atoms with Gasteiger partial charge in [-0.2, -0.15) is 12.6 Å². The Bertz CT molecular complexity index is 543. The summed E-state index contributed by atoms with van der Waals surface area (Å²) in [6.07, 6.45) is 1.53. The number of thiol groups is 1. The summed E-state index contributed by atoms with van der Waals surface area (Å²) in [5, 5.41) is 14.1. The van der Waals surface area contributed by atoms with Gasteiger partial charge in [-0.3, -0.25) is 14.4 Å². The van der Waals surface area contributed by atoms with E-state index in [9.17, 15) is 19.2 Å². The van der Waals surface area contributed by atoms with Gasteiger partial charge in [0.15, 0.2) is 0 Å². The molecule has 26 heavy (non-hydrogen) atoms. The Hall–Kier alpha value is -1.81. The fraction of sp³-hybridized carbons (Fsp3) is 0.750. The number of carbonyl (C=O) groups is 4. The summed E-state index contributed by atoms with van der Waals surface area (Å²) in [5.74, 6) is -2.49. The Labute approximate surface area is 158 Å². The maximum absolute atomic E-state index is 12.6. The zero-order valence-corrected chi connectivity index (χ0v) is 16.0. The molecule has 0 saturated carbocycles. The molecule has 0 aromatic carbocycles. The molecule has 0 radical (unpaired) electrons. The van der Waals surface area contributed by atoms with Crippen LogP contribution in [0.25, 0.3) is 0 Å². The van der Waals surface area contributed by atoms with Crippen LogP contribution in [-0.2, 0) is 19.2 Å². The van der Waals surface area contributed by atoms with Gasteiger partial charge in [0.2, 0.25) is 17.7 Å². The minimum absolute atomic E-state index is 0.0647. The van der Waals surface area contributed by atoms with E-state index in [4.69, 9.17) is 10.8 Å². The highest BCUT2D eigenvalue weighted by Crippen LogP contribution is 2.18. The normalized spacial score (nSPS) is 19.1. The predicted octanol–water partition coefficient (Wildman–Crippen LogP) is -1.03. The van der Waals surface area contributed by atoms with Gasteiger partial charge in [0.05, 0.1) is 6.54 Å². The van der Waals surface area contributed by atoms with E-state index in [0.29, 0.717) is 25.8 Å². The van der Waals surface area contributed by atoms with Gasteiger partial charge in [0.25, 0.3) is 0 Å². The number of carboxylic acids is 1.